The van der Waals surface area contributed by atoms with E-state index in [2.05, 4.69) is 10.0 Å². The Balaban J connectivity index is 1.49. The lowest BCUT2D eigenvalue weighted by Gasteiger charge is -2.28. The first kappa shape index (κ1) is 22.7. The highest BCUT2D eigenvalue weighted by Crippen LogP contribution is 2.35. The number of amides is 2. The molecule has 0 atom stereocenters. The quantitative estimate of drug-likeness (QED) is 0.389. The van der Waals surface area contributed by atoms with Gasteiger partial charge >= 0.3 is 0 Å². The maximum atomic E-state index is 12.7. The zero-order chi connectivity index (χ0) is 24.3. The fourth-order valence-electron chi connectivity index (χ4n) is 3.30. The van der Waals surface area contributed by atoms with Crippen LogP contribution in [-0.4, -0.2) is 38.3 Å². The number of hydrogen-bond donors (Lipinski definition) is 2. The molecule has 0 radical (unpaired) electrons. The third kappa shape index (κ3) is 4.96. The molecular formula is C22H18N4O7S. The van der Waals surface area contributed by atoms with Gasteiger partial charge in [-0.15, -0.1) is 0 Å². The van der Waals surface area contributed by atoms with Crippen molar-refractivity contribution >= 4 is 44.6 Å². The van der Waals surface area contributed by atoms with Gasteiger partial charge < -0.3 is 10.1 Å². The number of benzene rings is 3. The highest BCUT2D eigenvalue weighted by Gasteiger charge is 2.29. The Morgan fingerprint density at radius 3 is 2.50 bits per heavy atom. The van der Waals surface area contributed by atoms with Crippen LogP contribution in [0.4, 0.5) is 22.7 Å². The second-order valence-electron chi connectivity index (χ2n) is 7.23. The summed E-state index contributed by atoms with van der Waals surface area (Å²) in [7, 11) is -3.82. The Morgan fingerprint density at radius 2 is 1.76 bits per heavy atom. The zero-order valence-electron chi connectivity index (χ0n) is 17.5. The SMILES string of the molecule is O=C(CN1C(=O)COc2ccc([N+](=O)[O-])cc21)Nc1cccc(NS(=O)(=O)c2ccccc2)c1. The summed E-state index contributed by atoms with van der Waals surface area (Å²) in [6.07, 6.45) is 0. The average molecular weight is 482 g/mol. The molecule has 12 heteroatoms. The maximum absolute atomic E-state index is 12.7. The molecule has 3 aromatic carbocycles. The van der Waals surface area contributed by atoms with E-state index in [1.807, 2.05) is 0 Å². The molecule has 0 unspecified atom stereocenters. The second-order valence-corrected chi connectivity index (χ2v) is 8.91. The number of carbonyl (C=O) groups is 2. The summed E-state index contributed by atoms with van der Waals surface area (Å²) in [5, 5.41) is 13.7. The van der Waals surface area contributed by atoms with Crippen LogP contribution < -0.4 is 19.7 Å². The van der Waals surface area contributed by atoms with E-state index in [-0.39, 0.29) is 34.3 Å². The fourth-order valence-corrected chi connectivity index (χ4v) is 4.37. The molecule has 34 heavy (non-hydrogen) atoms. The van der Waals surface area contributed by atoms with Crippen LogP contribution >= 0.6 is 0 Å². The van der Waals surface area contributed by atoms with Gasteiger partial charge in [0, 0.05) is 17.8 Å². The molecule has 1 aliphatic rings. The average Bonchev–Trinajstić information content (AvgIpc) is 2.81. The Bertz CT molecular complexity index is 1380. The number of nitrogens with zero attached hydrogens (tertiary/aromatic N) is 2. The van der Waals surface area contributed by atoms with Gasteiger partial charge in [0.1, 0.15) is 12.3 Å². The minimum absolute atomic E-state index is 0.0861. The summed E-state index contributed by atoms with van der Waals surface area (Å²) in [4.78, 5) is 36.7. The predicted molar refractivity (Wildman–Crippen MR) is 123 cm³/mol. The van der Waals surface area contributed by atoms with Gasteiger partial charge in [0.05, 0.1) is 21.2 Å². The normalized spacial score (nSPS) is 12.9. The number of rotatable bonds is 7. The molecule has 0 spiro atoms. The number of nitro groups is 1. The van der Waals surface area contributed by atoms with Crippen molar-refractivity contribution in [2.45, 2.75) is 4.90 Å². The summed E-state index contributed by atoms with van der Waals surface area (Å²) >= 11 is 0. The van der Waals surface area contributed by atoms with E-state index in [9.17, 15) is 28.1 Å². The van der Waals surface area contributed by atoms with Gasteiger partial charge in [-0.3, -0.25) is 29.3 Å². The lowest BCUT2D eigenvalue weighted by atomic mass is 10.2. The van der Waals surface area contributed by atoms with Crippen molar-refractivity contribution in [1.82, 2.24) is 0 Å². The molecule has 1 aliphatic heterocycles. The third-order valence-corrected chi connectivity index (χ3v) is 6.25. The summed E-state index contributed by atoms with van der Waals surface area (Å²) in [5.41, 5.74) is 0.383. The number of fused-ring (bicyclic) bond motifs is 1. The van der Waals surface area contributed by atoms with Crippen molar-refractivity contribution in [1.29, 1.82) is 0 Å². The molecular weight excluding hydrogens is 464 g/mol. The number of nitrogens with one attached hydrogen (secondary N) is 2. The van der Waals surface area contributed by atoms with Crippen molar-refractivity contribution in [3.63, 3.8) is 0 Å². The molecule has 4 rings (SSSR count). The van der Waals surface area contributed by atoms with E-state index in [1.165, 1.54) is 42.5 Å². The summed E-state index contributed by atoms with van der Waals surface area (Å²) < 4.78 is 32.8. The molecule has 0 aliphatic carbocycles. The molecule has 0 saturated carbocycles. The van der Waals surface area contributed by atoms with Crippen molar-refractivity contribution in [2.24, 2.45) is 0 Å². The van der Waals surface area contributed by atoms with E-state index in [0.717, 1.165) is 4.90 Å². The molecule has 3 aromatic rings. The highest BCUT2D eigenvalue weighted by molar-refractivity contribution is 7.92. The second kappa shape index (κ2) is 9.19. The summed E-state index contributed by atoms with van der Waals surface area (Å²) in [5.74, 6) is -0.876. The largest absolute Gasteiger partial charge is 0.482 e. The molecule has 2 N–H and O–H groups in total. The number of carbonyl (C=O) groups excluding carboxylic acids is 2. The molecule has 11 nitrogen and oxygen atoms in total. The lowest BCUT2D eigenvalue weighted by molar-refractivity contribution is -0.384. The van der Waals surface area contributed by atoms with E-state index < -0.39 is 33.3 Å². The molecule has 0 saturated heterocycles. The van der Waals surface area contributed by atoms with Crippen LogP contribution in [0.2, 0.25) is 0 Å². The van der Waals surface area contributed by atoms with Crippen molar-refractivity contribution < 1.29 is 27.7 Å². The summed E-state index contributed by atoms with van der Waals surface area (Å²) in [6, 6.07) is 17.6. The van der Waals surface area contributed by atoms with Gasteiger partial charge in [-0.05, 0) is 36.4 Å². The number of nitro benzene ring substituents is 1. The van der Waals surface area contributed by atoms with Gasteiger partial charge in [0.2, 0.25) is 5.91 Å². The van der Waals surface area contributed by atoms with Crippen LogP contribution in [0.15, 0.2) is 77.7 Å². The van der Waals surface area contributed by atoms with Gasteiger partial charge in [0.25, 0.3) is 21.6 Å². The maximum Gasteiger partial charge on any atom is 0.271 e. The Kier molecular flexibility index (Phi) is 6.15. The van der Waals surface area contributed by atoms with Gasteiger partial charge in [0.15, 0.2) is 6.61 Å². The van der Waals surface area contributed by atoms with Crippen molar-refractivity contribution in [3.8, 4) is 5.75 Å². The fraction of sp³-hybridized carbons (Fsp3) is 0.0909. The first-order valence-corrected chi connectivity index (χ1v) is 11.4. The van der Waals surface area contributed by atoms with Crippen LogP contribution in [0.1, 0.15) is 0 Å². The van der Waals surface area contributed by atoms with E-state index in [1.54, 1.807) is 30.3 Å². The number of ether oxygens (including phenoxy) is 1. The number of anilines is 3. The standard InChI is InChI=1S/C22H18N4O7S/c27-21(13-25-19-12-17(26(29)30)9-10-20(19)33-14-22(25)28)23-15-5-4-6-16(11-15)24-34(31,32)18-7-2-1-3-8-18/h1-12,24H,13-14H2,(H,23,27). The molecule has 174 valence electrons. The van der Waals surface area contributed by atoms with Gasteiger partial charge in [-0.25, -0.2) is 8.42 Å². The van der Waals surface area contributed by atoms with Crippen LogP contribution in [0, 0.1) is 10.1 Å². The van der Waals surface area contributed by atoms with Crippen LogP contribution in [0.5, 0.6) is 5.75 Å². The Labute approximate surface area is 194 Å². The Morgan fingerprint density at radius 1 is 1.03 bits per heavy atom. The first-order chi connectivity index (χ1) is 16.2. The van der Waals surface area contributed by atoms with Gasteiger partial charge in [-0.1, -0.05) is 24.3 Å². The van der Waals surface area contributed by atoms with E-state index >= 15 is 0 Å². The van der Waals surface area contributed by atoms with Crippen LogP contribution in [0.25, 0.3) is 0 Å². The number of sulfonamides is 1. The number of hydrogen-bond acceptors (Lipinski definition) is 7. The highest BCUT2D eigenvalue weighted by atomic mass is 32.2. The predicted octanol–water partition coefficient (Wildman–Crippen LogP) is 2.76. The topological polar surface area (TPSA) is 148 Å². The minimum atomic E-state index is -3.82. The molecule has 2 amide bonds. The van der Waals surface area contributed by atoms with E-state index in [0.29, 0.717) is 5.69 Å². The minimum Gasteiger partial charge on any atom is -0.482 e. The molecule has 0 bridgehead atoms. The first-order valence-electron chi connectivity index (χ1n) is 9.92. The summed E-state index contributed by atoms with van der Waals surface area (Å²) in [6.45, 7) is -0.731. The van der Waals surface area contributed by atoms with Crippen LogP contribution in [-0.2, 0) is 19.6 Å². The molecule has 1 heterocycles. The van der Waals surface area contributed by atoms with Crippen molar-refractivity contribution in [3.05, 3.63) is 82.9 Å². The third-order valence-electron chi connectivity index (χ3n) is 4.85. The monoisotopic (exact) mass is 482 g/mol. The van der Waals surface area contributed by atoms with E-state index in [4.69, 9.17) is 4.74 Å². The smallest absolute Gasteiger partial charge is 0.271 e. The van der Waals surface area contributed by atoms with Crippen molar-refractivity contribution in [2.75, 3.05) is 28.1 Å². The Hall–Kier alpha value is -4.45. The van der Waals surface area contributed by atoms with Crippen LogP contribution in [0.3, 0.4) is 0 Å². The lowest BCUT2D eigenvalue weighted by Crippen LogP contribution is -2.43. The molecule has 0 aromatic heterocycles. The number of non-ortho nitro benzene ring substituents is 1. The zero-order valence-corrected chi connectivity index (χ0v) is 18.3. The molecule has 0 fully saturated rings. The van der Waals surface area contributed by atoms with Gasteiger partial charge in [-0.2, -0.15) is 0 Å².